The van der Waals surface area contributed by atoms with Crippen LogP contribution in [-0.4, -0.2) is 160 Å². The Morgan fingerprint density at radius 1 is 0.398 bits per heavy atom. The van der Waals surface area contributed by atoms with Gasteiger partial charge in [-0.2, -0.15) is 0 Å². The van der Waals surface area contributed by atoms with Crippen molar-refractivity contribution in [3.05, 3.63) is 179 Å². The van der Waals surface area contributed by atoms with Crippen molar-refractivity contribution in [1.29, 1.82) is 0 Å². The number of carbonyl (C=O) groups is 5. The minimum atomic E-state index is -1.18. The molecule has 20 nitrogen and oxygen atoms in total. The predicted molar refractivity (Wildman–Crippen MR) is 288 cm³/mol. The van der Waals surface area contributed by atoms with Crippen LogP contribution in [0.4, 0.5) is 0 Å². The van der Waals surface area contributed by atoms with Gasteiger partial charge in [0.25, 0.3) is 0 Å². The third kappa shape index (κ3) is 13.4. The number of rotatable bonds is 14. The minimum Gasteiger partial charge on any atom is -0.459 e. The second-order valence-electron chi connectivity index (χ2n) is 21.7. The summed E-state index contributed by atoms with van der Waals surface area (Å²) in [6, 6.07) is 43.3. The van der Waals surface area contributed by atoms with E-state index >= 15 is 0 Å². The molecule has 8 heterocycles. The monoisotopic (exact) mass is 1140 g/mol. The van der Waals surface area contributed by atoms with E-state index in [2.05, 4.69) is 0 Å². The van der Waals surface area contributed by atoms with Crippen LogP contribution in [0.15, 0.2) is 152 Å². The highest BCUT2D eigenvalue weighted by molar-refractivity contribution is 5.91. The molecule has 0 saturated carbocycles. The fourth-order valence-corrected chi connectivity index (χ4v) is 10.9. The van der Waals surface area contributed by atoms with Crippen LogP contribution < -0.4 is 0 Å². The summed E-state index contributed by atoms with van der Waals surface area (Å²) >= 11 is 0. The highest BCUT2D eigenvalue weighted by Gasteiger charge is 2.64. The second kappa shape index (κ2) is 25.9. The molecule has 20 atom stereocenters. The molecule has 0 spiro atoms. The molecule has 0 aliphatic carbocycles. The number of fused-ring (bicyclic) bond motifs is 8. The Morgan fingerprint density at radius 2 is 0.759 bits per heavy atom. The first-order chi connectivity index (χ1) is 40.3. The standard InChI is InChI=1S/C29H28O7.C28H30O9.C6H8O4/c1-19-20(2)25(35-27(31)22-14-8-4-9-15-22)29(36-28(32)23-16-10-5-11-17-23)34-24(19)18-33-26(30)21-12-6-3-7-13-21;1-15-16(2)21(36-26(30)18-11-7-4-8-12-18)28(37-22-20-14-32-27(34-20)24-23(22)35-24)33-19(15)13-31-25(29)17-9-5-3-6-10-17;7-3-2-1-8-6(9-2)5-4(3)10-5/h3-17,19-20,24-25,29H,18H2,1-2H3;3-12,15-16,19-24,27-28H,13-14H2,1-2H3;2-7H,1H2/t19-,20-,24?,25?,29?;15-,16-,19?,20?,21?,22+,23+,24?,27+,28-;2?,3-,4-,5?,6-/m001/s1. The summed E-state index contributed by atoms with van der Waals surface area (Å²) in [6.45, 7) is 8.70. The summed E-state index contributed by atoms with van der Waals surface area (Å²) in [5.41, 5.74) is 2.06. The van der Waals surface area contributed by atoms with Crippen LogP contribution in [0.1, 0.15) is 79.5 Å². The summed E-state index contributed by atoms with van der Waals surface area (Å²) < 4.78 is 80.3. The first-order valence-corrected chi connectivity index (χ1v) is 28.0. The van der Waals surface area contributed by atoms with Gasteiger partial charge in [-0.3, -0.25) is 0 Å². The molecule has 8 aliphatic heterocycles. The number of hydrogen-bond donors (Lipinski definition) is 1. The average Bonchev–Trinajstić information content (AvgIpc) is 2.68. The quantitative estimate of drug-likeness (QED) is 0.0685. The molecule has 0 amide bonds. The third-order valence-electron chi connectivity index (χ3n) is 16.4. The van der Waals surface area contributed by atoms with E-state index in [0.717, 1.165) is 0 Å². The van der Waals surface area contributed by atoms with Gasteiger partial charge in [0.15, 0.2) is 31.1 Å². The number of esters is 5. The van der Waals surface area contributed by atoms with E-state index in [9.17, 15) is 29.1 Å². The predicted octanol–water partition coefficient (Wildman–Crippen LogP) is 6.77. The van der Waals surface area contributed by atoms with Crippen molar-refractivity contribution >= 4 is 29.8 Å². The Morgan fingerprint density at radius 3 is 1.22 bits per heavy atom. The lowest BCUT2D eigenvalue weighted by molar-refractivity contribution is -0.298. The normalized spacial score (nSPS) is 34.7. The van der Waals surface area contributed by atoms with Gasteiger partial charge in [0.05, 0.1) is 53.2 Å². The average molecular weight is 1140 g/mol. The van der Waals surface area contributed by atoms with Gasteiger partial charge < -0.3 is 71.4 Å². The van der Waals surface area contributed by atoms with Crippen LogP contribution in [0.5, 0.6) is 0 Å². The molecule has 4 bridgehead atoms. The van der Waals surface area contributed by atoms with Gasteiger partial charge in [-0.15, -0.1) is 0 Å². The number of benzene rings is 5. The van der Waals surface area contributed by atoms with Crippen molar-refractivity contribution in [2.24, 2.45) is 23.7 Å². The number of hydrogen-bond acceptors (Lipinski definition) is 20. The van der Waals surface area contributed by atoms with E-state index in [1.54, 1.807) is 133 Å². The number of epoxide rings is 2. The van der Waals surface area contributed by atoms with E-state index in [1.807, 2.05) is 45.9 Å². The van der Waals surface area contributed by atoms with Crippen molar-refractivity contribution in [3.8, 4) is 0 Å². The summed E-state index contributed by atoms with van der Waals surface area (Å²) in [7, 11) is 0. The van der Waals surface area contributed by atoms with Gasteiger partial charge in [0, 0.05) is 11.8 Å². The molecule has 13 rings (SSSR count). The molecule has 8 fully saturated rings. The van der Waals surface area contributed by atoms with Crippen LogP contribution >= 0.6 is 0 Å². The van der Waals surface area contributed by atoms with Gasteiger partial charge >= 0.3 is 29.8 Å². The molecular formula is C63H66O20. The zero-order chi connectivity index (χ0) is 57.7. The number of aliphatic hydroxyl groups is 1. The largest absolute Gasteiger partial charge is 0.459 e. The lowest BCUT2D eigenvalue weighted by Crippen LogP contribution is -2.56. The van der Waals surface area contributed by atoms with Gasteiger partial charge in [-0.1, -0.05) is 119 Å². The molecule has 0 radical (unpaired) electrons. The molecule has 438 valence electrons. The summed E-state index contributed by atoms with van der Waals surface area (Å²) in [6.07, 6.45) is -6.92. The molecule has 20 heteroatoms. The van der Waals surface area contributed by atoms with E-state index in [0.29, 0.717) is 41.0 Å². The fourth-order valence-electron chi connectivity index (χ4n) is 10.9. The summed E-state index contributed by atoms with van der Waals surface area (Å²) in [5.74, 6) is -3.20. The van der Waals surface area contributed by atoms with Gasteiger partial charge in [-0.05, 0) is 72.5 Å². The first kappa shape index (κ1) is 57.8. The second-order valence-corrected chi connectivity index (χ2v) is 21.7. The maximum Gasteiger partial charge on any atom is 0.340 e. The smallest absolute Gasteiger partial charge is 0.340 e. The highest BCUT2D eigenvalue weighted by Crippen LogP contribution is 2.45. The Balaban J connectivity index is 0.000000148. The molecule has 8 saturated heterocycles. The van der Waals surface area contributed by atoms with Crippen molar-refractivity contribution in [2.45, 2.75) is 126 Å². The number of ether oxygens (including phenoxy) is 14. The van der Waals surface area contributed by atoms with Gasteiger partial charge in [0.2, 0.25) is 6.29 Å². The molecule has 5 aromatic carbocycles. The van der Waals surface area contributed by atoms with Crippen LogP contribution in [0.2, 0.25) is 0 Å². The zero-order valence-corrected chi connectivity index (χ0v) is 46.0. The van der Waals surface area contributed by atoms with E-state index in [4.69, 9.17) is 66.3 Å². The lowest BCUT2D eigenvalue weighted by atomic mass is 9.83. The Bertz CT molecular complexity index is 2990. The van der Waals surface area contributed by atoms with E-state index in [1.165, 1.54) is 0 Å². The molecule has 8 aliphatic rings. The Kier molecular flexibility index (Phi) is 18.1. The highest BCUT2D eigenvalue weighted by atomic mass is 16.8. The molecule has 1 N–H and O–H groups in total. The van der Waals surface area contributed by atoms with Gasteiger partial charge in [0.1, 0.15) is 62.0 Å². The Labute approximate surface area is 479 Å². The van der Waals surface area contributed by atoms with Crippen molar-refractivity contribution in [1.82, 2.24) is 0 Å². The first-order valence-electron chi connectivity index (χ1n) is 28.0. The zero-order valence-electron chi connectivity index (χ0n) is 46.0. The fraction of sp³-hybridized carbons (Fsp3) is 0.444. The number of carbonyl (C=O) groups excluding carboxylic acids is 5. The summed E-state index contributed by atoms with van der Waals surface area (Å²) in [5, 5.41) is 9.38. The third-order valence-corrected chi connectivity index (χ3v) is 16.4. The van der Waals surface area contributed by atoms with E-state index in [-0.39, 0.29) is 86.1 Å². The van der Waals surface area contributed by atoms with Crippen LogP contribution in [0, 0.1) is 23.7 Å². The maximum absolute atomic E-state index is 13.0. The Hall–Kier alpha value is -6.95. The molecule has 0 aromatic heterocycles. The molecule has 83 heavy (non-hydrogen) atoms. The topological polar surface area (TPSA) is 241 Å². The molecule has 9 unspecified atom stereocenters. The SMILES string of the molecule is C[C@@H]1C(COC(=O)c2ccccc2)OC(OC(=O)c2ccccc2)C(OC(=O)c2ccccc2)[C@H]1C.C[C@@H]1C(COC(=O)c2ccccc2)O[C@@H](O[C@@H]2C3CO[C@H](O3)C3O[C@@H]32)C(OC(=O)c2ccccc2)[C@H]1C.O[C@@H]1C2CO[C@H](O2)C2O[C@@H]21. The van der Waals surface area contributed by atoms with Crippen LogP contribution in [0.3, 0.4) is 0 Å². The molecule has 5 aromatic rings. The lowest BCUT2D eigenvalue weighted by Gasteiger charge is -2.44. The van der Waals surface area contributed by atoms with Crippen LogP contribution in [0.25, 0.3) is 0 Å². The van der Waals surface area contributed by atoms with Gasteiger partial charge in [-0.25, -0.2) is 24.0 Å². The minimum absolute atomic E-state index is 0.00810. The summed E-state index contributed by atoms with van der Waals surface area (Å²) in [4.78, 5) is 63.7. The van der Waals surface area contributed by atoms with Crippen LogP contribution in [-0.2, 0) is 66.3 Å². The van der Waals surface area contributed by atoms with Crippen molar-refractivity contribution in [3.63, 3.8) is 0 Å². The number of aliphatic hydroxyl groups excluding tert-OH is 1. The molecular weight excluding hydrogens is 1080 g/mol. The van der Waals surface area contributed by atoms with Crippen molar-refractivity contribution in [2.75, 3.05) is 26.4 Å². The van der Waals surface area contributed by atoms with Crippen molar-refractivity contribution < 1.29 is 95.4 Å². The maximum atomic E-state index is 13.0. The van der Waals surface area contributed by atoms with E-state index < -0.39 is 79.1 Å².